The molecular formula is C28H33N7O. The van der Waals surface area contributed by atoms with Crippen molar-refractivity contribution < 1.29 is 4.79 Å². The van der Waals surface area contributed by atoms with Gasteiger partial charge in [-0.25, -0.2) is 24.6 Å². The maximum absolute atomic E-state index is 12.4. The van der Waals surface area contributed by atoms with Crippen molar-refractivity contribution in [2.24, 2.45) is 5.41 Å². The Morgan fingerprint density at radius 3 is 2.75 bits per heavy atom. The molecule has 0 radical (unpaired) electrons. The number of nitrogens with zero attached hydrogens (tertiary/aromatic N) is 6. The van der Waals surface area contributed by atoms with E-state index in [9.17, 15) is 4.79 Å². The summed E-state index contributed by atoms with van der Waals surface area (Å²) in [4.78, 5) is 28.9. The summed E-state index contributed by atoms with van der Waals surface area (Å²) in [5, 5.41) is 0. The monoisotopic (exact) mass is 483 g/mol. The third-order valence-corrected chi connectivity index (χ3v) is 6.61. The van der Waals surface area contributed by atoms with Crippen molar-refractivity contribution in [1.29, 1.82) is 0 Å². The summed E-state index contributed by atoms with van der Waals surface area (Å²) in [7, 11) is 0. The number of rotatable bonds is 7. The molecule has 1 aliphatic carbocycles. The van der Waals surface area contributed by atoms with Gasteiger partial charge < -0.3 is 4.57 Å². The molecule has 3 aromatic rings. The molecule has 1 unspecified atom stereocenters. The van der Waals surface area contributed by atoms with E-state index in [1.165, 1.54) is 34.6 Å². The summed E-state index contributed by atoms with van der Waals surface area (Å²) in [5.41, 5.74) is 8.79. The van der Waals surface area contributed by atoms with E-state index in [2.05, 4.69) is 69.8 Å². The predicted molar refractivity (Wildman–Crippen MR) is 142 cm³/mol. The zero-order chi connectivity index (χ0) is 25.7. The van der Waals surface area contributed by atoms with Gasteiger partial charge >= 0.3 is 0 Å². The molecule has 8 nitrogen and oxygen atoms in total. The molecule has 1 N–H and O–H groups in total. The summed E-state index contributed by atoms with van der Waals surface area (Å²) >= 11 is 0. The maximum atomic E-state index is 12.4. The molecule has 0 fully saturated rings. The van der Waals surface area contributed by atoms with Crippen molar-refractivity contribution in [3.8, 4) is 0 Å². The molecule has 186 valence electrons. The highest BCUT2D eigenvalue weighted by Gasteiger charge is 2.32. The molecule has 0 saturated heterocycles. The van der Waals surface area contributed by atoms with Crippen molar-refractivity contribution in [2.45, 2.75) is 53.5 Å². The number of aromatic nitrogens is 6. The molecule has 0 bridgehead atoms. The maximum Gasteiger partial charge on any atom is 0.263 e. The number of carbonyl (C=O) groups is 1. The summed E-state index contributed by atoms with van der Waals surface area (Å²) in [5.74, 6) is -0.259. The van der Waals surface area contributed by atoms with Crippen molar-refractivity contribution >= 4 is 17.1 Å². The lowest BCUT2D eigenvalue weighted by molar-refractivity contribution is -0.112. The minimum atomic E-state index is -0.259. The van der Waals surface area contributed by atoms with Crippen LogP contribution in [0.3, 0.4) is 0 Å². The number of amides is 1. The van der Waals surface area contributed by atoms with Crippen LogP contribution in [0, 0.1) is 5.41 Å². The lowest BCUT2D eigenvalue weighted by Gasteiger charge is -2.37. The van der Waals surface area contributed by atoms with Crippen LogP contribution in [0.2, 0.25) is 0 Å². The Kier molecular flexibility index (Phi) is 7.43. The first-order valence-electron chi connectivity index (χ1n) is 12.1. The van der Waals surface area contributed by atoms with E-state index in [-0.39, 0.29) is 11.3 Å². The first kappa shape index (κ1) is 25.0. The lowest BCUT2D eigenvalue weighted by atomic mass is 9.71. The second kappa shape index (κ2) is 10.7. The first-order valence-corrected chi connectivity index (χ1v) is 12.1. The summed E-state index contributed by atoms with van der Waals surface area (Å²) in [6.07, 6.45) is 24.5. The number of allylic oxidation sites excluding steroid dienone is 9. The molecule has 1 aliphatic rings. The van der Waals surface area contributed by atoms with Crippen LogP contribution in [0.25, 0.3) is 11.2 Å². The summed E-state index contributed by atoms with van der Waals surface area (Å²) in [6.45, 7) is 10.8. The van der Waals surface area contributed by atoms with Crippen LogP contribution in [-0.2, 0) is 4.79 Å². The van der Waals surface area contributed by atoms with E-state index in [1.54, 1.807) is 6.20 Å². The topological polar surface area (TPSA) is 90.5 Å². The van der Waals surface area contributed by atoms with Crippen LogP contribution in [0.4, 0.5) is 0 Å². The zero-order valence-electron chi connectivity index (χ0n) is 21.5. The largest absolute Gasteiger partial charge is 0.330 e. The van der Waals surface area contributed by atoms with E-state index in [4.69, 9.17) is 0 Å². The Bertz CT molecular complexity index is 1380. The van der Waals surface area contributed by atoms with E-state index in [1.807, 2.05) is 43.9 Å². The third kappa shape index (κ3) is 5.76. The van der Waals surface area contributed by atoms with Gasteiger partial charge in [-0.15, -0.1) is 0 Å². The van der Waals surface area contributed by atoms with Gasteiger partial charge in [-0.05, 0) is 55.7 Å². The molecule has 0 saturated carbocycles. The van der Waals surface area contributed by atoms with Gasteiger partial charge in [0.15, 0.2) is 5.65 Å². The lowest BCUT2D eigenvalue weighted by Crippen LogP contribution is -2.25. The molecule has 3 aromatic heterocycles. The highest BCUT2D eigenvalue weighted by atomic mass is 16.2. The zero-order valence-corrected chi connectivity index (χ0v) is 21.5. The second-order valence-electron chi connectivity index (χ2n) is 9.86. The van der Waals surface area contributed by atoms with Gasteiger partial charge in [-0.3, -0.25) is 10.2 Å². The Balaban J connectivity index is 1.41. The molecular weight excluding hydrogens is 450 g/mol. The molecule has 1 atom stereocenters. The van der Waals surface area contributed by atoms with Crippen molar-refractivity contribution in [3.05, 3.63) is 96.3 Å². The Labute approximate surface area is 211 Å². The SMILES string of the molecule is CC1=C(/C=C/C(C)=C/C=C/C(C)=C/C(=O)Nn2cnc3cncnc32)C(C)(C)CCC1n1ccnc1. The van der Waals surface area contributed by atoms with Gasteiger partial charge in [0.25, 0.3) is 5.91 Å². The average Bonchev–Trinajstić information content (AvgIpc) is 3.49. The number of nitrogens with one attached hydrogen (secondary N) is 1. The highest BCUT2D eigenvalue weighted by Crippen LogP contribution is 2.45. The fraction of sp³-hybridized carbons (Fsp3) is 0.321. The first-order chi connectivity index (χ1) is 17.2. The van der Waals surface area contributed by atoms with Crippen LogP contribution in [0.15, 0.2) is 96.3 Å². The Hall–Kier alpha value is -4.07. The van der Waals surface area contributed by atoms with Crippen LogP contribution in [-0.4, -0.2) is 35.1 Å². The molecule has 4 rings (SSSR count). The highest BCUT2D eigenvalue weighted by molar-refractivity contribution is 5.95. The van der Waals surface area contributed by atoms with Gasteiger partial charge in [0.05, 0.1) is 18.6 Å². The number of hydrogen-bond donors (Lipinski definition) is 1. The van der Waals surface area contributed by atoms with Gasteiger partial charge in [0, 0.05) is 18.5 Å². The van der Waals surface area contributed by atoms with Gasteiger partial charge in [0.2, 0.25) is 0 Å². The standard InChI is InChI=1S/C28H33N7O/c1-20(9-10-23-22(3)25(11-12-28(23,4)5)34-14-13-29-18-34)7-6-8-21(2)15-26(36)33-35-19-32-24-16-30-17-31-27(24)35/h6-10,13-19,25H,11-12H2,1-5H3,(H,33,36)/b8-6+,10-9+,20-7+,21-15+. The smallest absolute Gasteiger partial charge is 0.263 e. The van der Waals surface area contributed by atoms with Crippen LogP contribution in [0.1, 0.15) is 53.5 Å². The fourth-order valence-corrected chi connectivity index (χ4v) is 4.62. The van der Waals surface area contributed by atoms with E-state index >= 15 is 0 Å². The molecule has 1 amide bonds. The molecule has 0 spiro atoms. The number of carbonyl (C=O) groups excluding carboxylic acids is 1. The van der Waals surface area contributed by atoms with E-state index in [0.29, 0.717) is 17.2 Å². The number of fused-ring (bicyclic) bond motifs is 1. The Morgan fingerprint density at radius 1 is 1.14 bits per heavy atom. The molecule has 8 heteroatoms. The van der Waals surface area contributed by atoms with Gasteiger partial charge in [-0.1, -0.05) is 49.8 Å². The molecule has 0 aromatic carbocycles. The van der Waals surface area contributed by atoms with Crippen molar-refractivity contribution in [2.75, 3.05) is 5.43 Å². The van der Waals surface area contributed by atoms with E-state index in [0.717, 1.165) is 24.0 Å². The second-order valence-corrected chi connectivity index (χ2v) is 9.86. The minimum Gasteiger partial charge on any atom is -0.330 e. The number of imidazole rings is 2. The normalized spacial score (nSPS) is 19.1. The Morgan fingerprint density at radius 2 is 1.97 bits per heavy atom. The summed E-state index contributed by atoms with van der Waals surface area (Å²) in [6, 6.07) is 0.357. The molecule has 36 heavy (non-hydrogen) atoms. The van der Waals surface area contributed by atoms with Crippen LogP contribution < -0.4 is 5.43 Å². The van der Waals surface area contributed by atoms with Crippen LogP contribution in [0.5, 0.6) is 0 Å². The van der Waals surface area contributed by atoms with Crippen molar-refractivity contribution in [3.63, 3.8) is 0 Å². The van der Waals surface area contributed by atoms with Crippen molar-refractivity contribution in [1.82, 2.24) is 29.2 Å². The van der Waals surface area contributed by atoms with Gasteiger partial charge in [-0.2, -0.15) is 0 Å². The molecule has 0 aliphatic heterocycles. The van der Waals surface area contributed by atoms with Crippen LogP contribution >= 0.6 is 0 Å². The fourth-order valence-electron chi connectivity index (χ4n) is 4.62. The average molecular weight is 484 g/mol. The quantitative estimate of drug-likeness (QED) is 0.355. The minimum absolute atomic E-state index is 0.132. The van der Waals surface area contributed by atoms with Gasteiger partial charge in [0.1, 0.15) is 18.2 Å². The predicted octanol–water partition coefficient (Wildman–Crippen LogP) is 5.48. The number of hydrogen-bond acceptors (Lipinski definition) is 5. The third-order valence-electron chi connectivity index (χ3n) is 6.61. The van der Waals surface area contributed by atoms with E-state index < -0.39 is 0 Å². The summed E-state index contributed by atoms with van der Waals surface area (Å²) < 4.78 is 3.70. The molecule has 3 heterocycles.